The summed E-state index contributed by atoms with van der Waals surface area (Å²) in [5, 5.41) is 0. The molecule has 42 heavy (non-hydrogen) atoms. The minimum absolute atomic E-state index is 0.654. The van der Waals surface area contributed by atoms with Crippen LogP contribution < -0.4 is 18.9 Å². The third-order valence-corrected chi connectivity index (χ3v) is 8.84. The normalized spacial score (nSPS) is 11.1. The Hall–Kier alpha value is -1.40. The largest absolute Gasteiger partial charge is 0.490 e. The molecule has 0 atom stereocenters. The maximum absolute atomic E-state index is 6.39. The Kier molecular flexibility index (Phi) is 20.2. The number of rotatable bonds is 25. The number of benzene rings is 2. The Labute approximate surface area is 273 Å². The van der Waals surface area contributed by atoms with Crippen LogP contribution in [0.5, 0.6) is 23.0 Å². The highest BCUT2D eigenvalue weighted by Crippen LogP contribution is 2.47. The van der Waals surface area contributed by atoms with Gasteiger partial charge in [-0.1, -0.05) is 121 Å². The Morgan fingerprint density at radius 1 is 0.452 bits per heavy atom. The summed E-state index contributed by atoms with van der Waals surface area (Å²) in [6.07, 6.45) is 19.0. The van der Waals surface area contributed by atoms with E-state index in [9.17, 15) is 0 Å². The van der Waals surface area contributed by atoms with E-state index in [-0.39, 0.29) is 0 Å². The van der Waals surface area contributed by atoms with E-state index >= 15 is 0 Å². The molecule has 0 radical (unpaired) electrons. The topological polar surface area (TPSA) is 36.9 Å². The van der Waals surface area contributed by atoms with Crippen molar-refractivity contribution in [2.75, 3.05) is 26.4 Å². The summed E-state index contributed by atoms with van der Waals surface area (Å²) in [5.41, 5.74) is 2.07. The maximum Gasteiger partial charge on any atom is 0.175 e. The molecule has 0 aromatic heterocycles. The third kappa shape index (κ3) is 13.5. The van der Waals surface area contributed by atoms with Crippen molar-refractivity contribution in [2.24, 2.45) is 0 Å². The molecular weight excluding hydrogens is 656 g/mol. The maximum atomic E-state index is 6.39. The zero-order valence-electron chi connectivity index (χ0n) is 26.8. The number of ether oxygens (including phenoxy) is 4. The first kappa shape index (κ1) is 36.8. The molecule has 0 amide bonds. The molecule has 0 saturated heterocycles. The van der Waals surface area contributed by atoms with Gasteiger partial charge in [0.1, 0.15) is 0 Å². The molecule has 238 valence electrons. The molecule has 2 aromatic carbocycles. The molecule has 0 heterocycles. The van der Waals surface area contributed by atoms with Crippen LogP contribution in [0.2, 0.25) is 0 Å². The van der Waals surface area contributed by atoms with Gasteiger partial charge in [0.2, 0.25) is 0 Å². The van der Waals surface area contributed by atoms with Gasteiger partial charge in [-0.05, 0) is 65.9 Å². The van der Waals surface area contributed by atoms with Crippen LogP contribution in [0.4, 0.5) is 0 Å². The third-order valence-electron chi connectivity index (χ3n) is 7.40. The smallest absolute Gasteiger partial charge is 0.175 e. The van der Waals surface area contributed by atoms with Crippen molar-refractivity contribution in [3.63, 3.8) is 0 Å². The number of hydrogen-bond acceptors (Lipinski definition) is 4. The van der Waals surface area contributed by atoms with E-state index in [1.54, 1.807) is 0 Å². The minimum Gasteiger partial charge on any atom is -0.490 e. The average molecular weight is 713 g/mol. The van der Waals surface area contributed by atoms with Gasteiger partial charge in [0.25, 0.3) is 0 Å². The monoisotopic (exact) mass is 710 g/mol. The molecule has 0 fully saturated rings. The lowest BCUT2D eigenvalue weighted by molar-refractivity contribution is 0.258. The van der Waals surface area contributed by atoms with Crippen molar-refractivity contribution in [1.29, 1.82) is 0 Å². The standard InChI is InChI=1S/C36H56Br2O4/c1-5-9-13-15-17-19-25-40-33-27-30(31(37)28-34(33)41-26-20-18-16-14-10-6-2)29-21-22-32(39-23-11-7-3)36(35(29)38)42-24-12-8-4/h21-22,27-28H,5-20,23-26H2,1-4H3. The zero-order chi connectivity index (χ0) is 30.4. The molecule has 6 heteroatoms. The average Bonchev–Trinajstić information content (AvgIpc) is 2.99. The summed E-state index contributed by atoms with van der Waals surface area (Å²) in [4.78, 5) is 0. The summed E-state index contributed by atoms with van der Waals surface area (Å²) in [6.45, 7) is 11.6. The fraction of sp³-hybridized carbons (Fsp3) is 0.667. The van der Waals surface area contributed by atoms with Gasteiger partial charge in [-0.15, -0.1) is 0 Å². The summed E-state index contributed by atoms with van der Waals surface area (Å²) < 4.78 is 27.0. The second-order valence-corrected chi connectivity index (χ2v) is 12.8. The molecule has 0 spiro atoms. The van der Waals surface area contributed by atoms with Crippen LogP contribution in [0.15, 0.2) is 33.2 Å². The molecular formula is C36H56Br2O4. The molecule has 0 N–H and O–H groups in total. The van der Waals surface area contributed by atoms with Gasteiger partial charge in [0, 0.05) is 15.6 Å². The van der Waals surface area contributed by atoms with E-state index in [1.165, 1.54) is 64.2 Å². The first-order chi connectivity index (χ1) is 20.6. The van der Waals surface area contributed by atoms with E-state index < -0.39 is 0 Å². The SMILES string of the molecule is CCCCCCCCOc1cc(Br)c(-c2ccc(OCCCC)c(OCCCC)c2Br)cc1OCCCCCCCC. The molecule has 2 aromatic rings. The van der Waals surface area contributed by atoms with Gasteiger partial charge in [-0.25, -0.2) is 0 Å². The van der Waals surface area contributed by atoms with Gasteiger partial charge in [-0.2, -0.15) is 0 Å². The minimum atomic E-state index is 0.654. The number of unbranched alkanes of at least 4 members (excludes halogenated alkanes) is 12. The predicted octanol–water partition coefficient (Wildman–Crippen LogP) is 12.7. The summed E-state index contributed by atoms with van der Waals surface area (Å²) in [7, 11) is 0. The Bertz CT molecular complexity index is 995. The van der Waals surface area contributed by atoms with Crippen molar-refractivity contribution in [3.8, 4) is 34.1 Å². The van der Waals surface area contributed by atoms with E-state index in [0.717, 1.165) is 81.6 Å². The quantitative estimate of drug-likeness (QED) is 0.0961. The summed E-state index contributed by atoms with van der Waals surface area (Å²) in [5.74, 6) is 3.16. The zero-order valence-corrected chi connectivity index (χ0v) is 30.0. The van der Waals surface area contributed by atoms with E-state index in [2.05, 4.69) is 77.8 Å². The molecule has 0 aliphatic heterocycles. The molecule has 0 saturated carbocycles. The van der Waals surface area contributed by atoms with Crippen LogP contribution in [0.3, 0.4) is 0 Å². The summed E-state index contributed by atoms with van der Waals surface area (Å²) in [6, 6.07) is 8.32. The van der Waals surface area contributed by atoms with Crippen molar-refractivity contribution in [2.45, 2.75) is 130 Å². The molecule has 4 nitrogen and oxygen atoms in total. The van der Waals surface area contributed by atoms with Crippen molar-refractivity contribution in [1.82, 2.24) is 0 Å². The highest BCUT2D eigenvalue weighted by molar-refractivity contribution is 9.11. The Balaban J connectivity index is 2.28. The van der Waals surface area contributed by atoms with E-state index in [1.807, 2.05) is 6.07 Å². The molecule has 0 unspecified atom stereocenters. The van der Waals surface area contributed by atoms with Gasteiger partial charge < -0.3 is 18.9 Å². The highest BCUT2D eigenvalue weighted by atomic mass is 79.9. The molecule has 0 bridgehead atoms. The van der Waals surface area contributed by atoms with E-state index in [4.69, 9.17) is 18.9 Å². The van der Waals surface area contributed by atoms with Crippen LogP contribution in [0, 0.1) is 0 Å². The van der Waals surface area contributed by atoms with Gasteiger partial charge in [0.15, 0.2) is 23.0 Å². The Morgan fingerprint density at radius 3 is 1.48 bits per heavy atom. The number of halogens is 2. The van der Waals surface area contributed by atoms with Crippen LogP contribution in [0.25, 0.3) is 11.1 Å². The lowest BCUT2D eigenvalue weighted by atomic mass is 10.0. The second kappa shape index (κ2) is 23.0. The van der Waals surface area contributed by atoms with Crippen molar-refractivity contribution >= 4 is 31.9 Å². The fourth-order valence-electron chi connectivity index (χ4n) is 4.74. The van der Waals surface area contributed by atoms with Crippen LogP contribution in [0.1, 0.15) is 130 Å². The highest BCUT2D eigenvalue weighted by Gasteiger charge is 2.20. The van der Waals surface area contributed by atoms with Gasteiger partial charge in [-0.3, -0.25) is 0 Å². The first-order valence-electron chi connectivity index (χ1n) is 16.7. The van der Waals surface area contributed by atoms with Crippen molar-refractivity contribution in [3.05, 3.63) is 33.2 Å². The molecule has 0 aliphatic rings. The van der Waals surface area contributed by atoms with E-state index in [0.29, 0.717) is 26.4 Å². The second-order valence-electron chi connectivity index (χ2n) is 11.2. The van der Waals surface area contributed by atoms with Crippen LogP contribution in [-0.2, 0) is 0 Å². The van der Waals surface area contributed by atoms with Gasteiger partial charge >= 0.3 is 0 Å². The Morgan fingerprint density at radius 2 is 0.905 bits per heavy atom. The van der Waals surface area contributed by atoms with Gasteiger partial charge in [0.05, 0.1) is 30.9 Å². The van der Waals surface area contributed by atoms with Crippen molar-refractivity contribution < 1.29 is 18.9 Å². The number of hydrogen-bond donors (Lipinski definition) is 0. The summed E-state index contributed by atoms with van der Waals surface area (Å²) >= 11 is 7.73. The first-order valence-corrected chi connectivity index (χ1v) is 18.3. The lowest BCUT2D eigenvalue weighted by Crippen LogP contribution is -2.05. The van der Waals surface area contributed by atoms with Crippen LogP contribution in [-0.4, -0.2) is 26.4 Å². The fourth-order valence-corrected chi connectivity index (χ4v) is 5.93. The predicted molar refractivity (Wildman–Crippen MR) is 186 cm³/mol. The molecule has 0 aliphatic carbocycles. The lowest BCUT2D eigenvalue weighted by Gasteiger charge is -2.19. The molecule has 2 rings (SSSR count). The van der Waals surface area contributed by atoms with Crippen LogP contribution >= 0.6 is 31.9 Å².